The molecule has 2 aromatic rings. The van der Waals surface area contributed by atoms with Crippen molar-refractivity contribution in [1.29, 1.82) is 0 Å². The van der Waals surface area contributed by atoms with E-state index in [1.165, 1.54) is 11.1 Å². The van der Waals surface area contributed by atoms with E-state index in [4.69, 9.17) is 10.5 Å². The summed E-state index contributed by atoms with van der Waals surface area (Å²) in [7, 11) is 0. The highest BCUT2D eigenvalue weighted by Gasteiger charge is 2.25. The molecule has 0 saturated heterocycles. The maximum Gasteiger partial charge on any atom is 0.265 e. The van der Waals surface area contributed by atoms with Gasteiger partial charge in [0, 0.05) is 11.8 Å². The second-order valence-corrected chi connectivity index (χ2v) is 5.41. The van der Waals surface area contributed by atoms with Gasteiger partial charge in [-0.1, -0.05) is 18.2 Å². The van der Waals surface area contributed by atoms with Crippen molar-refractivity contribution >= 4 is 17.3 Å². The van der Waals surface area contributed by atoms with Crippen LogP contribution in [0.5, 0.6) is 5.75 Å². The molecule has 0 aromatic heterocycles. The molecule has 4 heteroatoms. The molecular weight excluding hydrogens is 264 g/mol. The first-order valence-corrected chi connectivity index (χ1v) is 6.93. The average Bonchev–Trinajstić information content (AvgIpc) is 2.46. The van der Waals surface area contributed by atoms with Gasteiger partial charge in [0.1, 0.15) is 5.75 Å². The molecule has 0 fully saturated rings. The second-order valence-electron chi connectivity index (χ2n) is 5.41. The first-order valence-electron chi connectivity index (χ1n) is 6.93. The minimum atomic E-state index is -0.0366. The first kappa shape index (κ1) is 13.5. The van der Waals surface area contributed by atoms with Gasteiger partial charge < -0.3 is 15.4 Å². The molecule has 0 atom stereocenters. The molecule has 3 rings (SSSR count). The van der Waals surface area contributed by atoms with Gasteiger partial charge in [0.25, 0.3) is 5.91 Å². The lowest BCUT2D eigenvalue weighted by atomic mass is 10.1. The number of ether oxygens (including phenoxy) is 1. The van der Waals surface area contributed by atoms with Crippen molar-refractivity contribution < 1.29 is 9.53 Å². The van der Waals surface area contributed by atoms with Crippen LogP contribution in [0.2, 0.25) is 0 Å². The molecule has 21 heavy (non-hydrogen) atoms. The summed E-state index contributed by atoms with van der Waals surface area (Å²) in [5, 5.41) is 0. The van der Waals surface area contributed by atoms with E-state index >= 15 is 0 Å². The lowest BCUT2D eigenvalue weighted by molar-refractivity contribution is -0.121. The zero-order valence-electron chi connectivity index (χ0n) is 12.2. The normalized spacial score (nSPS) is 13.8. The molecule has 1 aliphatic heterocycles. The number of carbonyl (C=O) groups is 1. The van der Waals surface area contributed by atoms with Crippen molar-refractivity contribution in [3.8, 4) is 5.75 Å². The van der Waals surface area contributed by atoms with Crippen LogP contribution in [0, 0.1) is 13.8 Å². The Morgan fingerprint density at radius 1 is 1.14 bits per heavy atom. The number of anilines is 2. The lowest BCUT2D eigenvalue weighted by Gasteiger charge is -2.29. The van der Waals surface area contributed by atoms with E-state index in [0.717, 1.165) is 11.3 Å². The molecule has 2 N–H and O–H groups in total. The summed E-state index contributed by atoms with van der Waals surface area (Å²) in [6.45, 7) is 4.76. The number of amides is 1. The van der Waals surface area contributed by atoms with Crippen molar-refractivity contribution in [2.24, 2.45) is 0 Å². The third-order valence-corrected chi connectivity index (χ3v) is 3.84. The number of nitrogens with two attached hydrogens (primary N) is 1. The fraction of sp³-hybridized carbons (Fsp3) is 0.235. The molecule has 108 valence electrons. The second kappa shape index (κ2) is 5.13. The van der Waals surface area contributed by atoms with E-state index < -0.39 is 0 Å². The van der Waals surface area contributed by atoms with Crippen molar-refractivity contribution in [2.45, 2.75) is 20.4 Å². The van der Waals surface area contributed by atoms with Crippen molar-refractivity contribution in [2.75, 3.05) is 17.2 Å². The number of aryl methyl sites for hydroxylation is 2. The number of carbonyl (C=O) groups excluding carboxylic acids is 1. The standard InChI is InChI=1S/C17H18N2O2/c1-11-3-4-13(7-12(11)2)9-19-15-6-5-14(18)8-16(15)21-10-17(19)20/h3-8H,9-10,18H2,1-2H3. The summed E-state index contributed by atoms with van der Waals surface area (Å²) < 4.78 is 5.46. The minimum absolute atomic E-state index is 0.0366. The molecule has 0 bridgehead atoms. The van der Waals surface area contributed by atoms with Gasteiger partial charge >= 0.3 is 0 Å². The van der Waals surface area contributed by atoms with Gasteiger partial charge in [0.2, 0.25) is 0 Å². The predicted molar refractivity (Wildman–Crippen MR) is 83.5 cm³/mol. The Morgan fingerprint density at radius 3 is 2.71 bits per heavy atom. The highest BCUT2D eigenvalue weighted by atomic mass is 16.5. The third-order valence-electron chi connectivity index (χ3n) is 3.84. The van der Waals surface area contributed by atoms with Crippen LogP contribution < -0.4 is 15.4 Å². The first-order chi connectivity index (χ1) is 10.0. The zero-order valence-corrected chi connectivity index (χ0v) is 12.2. The number of fused-ring (bicyclic) bond motifs is 1. The molecule has 0 saturated carbocycles. The average molecular weight is 282 g/mol. The summed E-state index contributed by atoms with van der Waals surface area (Å²) in [5.74, 6) is 0.629. The quantitative estimate of drug-likeness (QED) is 0.862. The highest BCUT2D eigenvalue weighted by Crippen LogP contribution is 2.34. The van der Waals surface area contributed by atoms with Gasteiger partial charge in [-0.3, -0.25) is 4.79 Å². The van der Waals surface area contributed by atoms with Gasteiger partial charge in [-0.25, -0.2) is 0 Å². The third kappa shape index (κ3) is 2.57. The van der Waals surface area contributed by atoms with Gasteiger partial charge in [-0.2, -0.15) is 0 Å². The Hall–Kier alpha value is -2.49. The van der Waals surface area contributed by atoms with Crippen molar-refractivity contribution in [1.82, 2.24) is 0 Å². The van der Waals surface area contributed by atoms with Gasteiger partial charge in [-0.15, -0.1) is 0 Å². The fourth-order valence-electron chi connectivity index (χ4n) is 2.48. The molecule has 2 aromatic carbocycles. The summed E-state index contributed by atoms with van der Waals surface area (Å²) in [6, 6.07) is 11.6. The fourth-order valence-corrected chi connectivity index (χ4v) is 2.48. The molecule has 0 aliphatic carbocycles. The summed E-state index contributed by atoms with van der Waals surface area (Å²) in [4.78, 5) is 13.9. The number of nitrogen functional groups attached to an aromatic ring is 1. The Kier molecular flexibility index (Phi) is 3.29. The van der Waals surface area contributed by atoms with Crippen LogP contribution in [0.15, 0.2) is 36.4 Å². The molecule has 1 aliphatic rings. The van der Waals surface area contributed by atoms with Gasteiger partial charge in [0.15, 0.2) is 6.61 Å². The maximum absolute atomic E-state index is 12.2. The van der Waals surface area contributed by atoms with Crippen molar-refractivity contribution in [3.05, 3.63) is 53.1 Å². The number of rotatable bonds is 2. The van der Waals surface area contributed by atoms with Crippen LogP contribution in [0.1, 0.15) is 16.7 Å². The van der Waals surface area contributed by atoms with Crippen LogP contribution in [-0.2, 0) is 11.3 Å². The van der Waals surface area contributed by atoms with E-state index in [1.807, 2.05) is 6.07 Å². The van der Waals surface area contributed by atoms with E-state index in [1.54, 1.807) is 17.0 Å². The van der Waals surface area contributed by atoms with Crippen LogP contribution >= 0.6 is 0 Å². The number of nitrogens with zero attached hydrogens (tertiary/aromatic N) is 1. The Balaban J connectivity index is 1.94. The monoisotopic (exact) mass is 282 g/mol. The molecular formula is C17H18N2O2. The molecule has 1 amide bonds. The lowest BCUT2D eigenvalue weighted by Crippen LogP contribution is -2.38. The van der Waals surface area contributed by atoms with E-state index in [0.29, 0.717) is 18.0 Å². The molecule has 4 nitrogen and oxygen atoms in total. The zero-order chi connectivity index (χ0) is 15.0. The Bertz CT molecular complexity index is 710. The number of hydrogen-bond donors (Lipinski definition) is 1. The molecule has 0 unspecified atom stereocenters. The minimum Gasteiger partial charge on any atom is -0.481 e. The summed E-state index contributed by atoms with van der Waals surface area (Å²) >= 11 is 0. The highest BCUT2D eigenvalue weighted by molar-refractivity contribution is 5.98. The Morgan fingerprint density at radius 2 is 1.95 bits per heavy atom. The van der Waals surface area contributed by atoms with Gasteiger partial charge in [-0.05, 0) is 42.7 Å². The van der Waals surface area contributed by atoms with Crippen LogP contribution in [-0.4, -0.2) is 12.5 Å². The Labute approximate surface area is 124 Å². The number of hydrogen-bond acceptors (Lipinski definition) is 3. The summed E-state index contributed by atoms with van der Waals surface area (Å²) in [6.07, 6.45) is 0. The molecule has 1 heterocycles. The molecule has 0 radical (unpaired) electrons. The topological polar surface area (TPSA) is 55.6 Å². The van der Waals surface area contributed by atoms with Crippen molar-refractivity contribution in [3.63, 3.8) is 0 Å². The van der Waals surface area contributed by atoms with E-state index in [9.17, 15) is 4.79 Å². The summed E-state index contributed by atoms with van der Waals surface area (Å²) in [5.41, 5.74) is 10.8. The van der Waals surface area contributed by atoms with E-state index in [2.05, 4.69) is 32.0 Å². The van der Waals surface area contributed by atoms with Crippen LogP contribution in [0.25, 0.3) is 0 Å². The van der Waals surface area contributed by atoms with Gasteiger partial charge in [0.05, 0.1) is 12.2 Å². The van der Waals surface area contributed by atoms with Crippen LogP contribution in [0.3, 0.4) is 0 Å². The smallest absolute Gasteiger partial charge is 0.265 e. The largest absolute Gasteiger partial charge is 0.481 e. The van der Waals surface area contributed by atoms with E-state index in [-0.39, 0.29) is 12.5 Å². The molecule has 0 spiro atoms. The maximum atomic E-state index is 12.2. The number of benzene rings is 2. The SMILES string of the molecule is Cc1ccc(CN2C(=O)COc3cc(N)ccc32)cc1C. The predicted octanol–water partition coefficient (Wildman–Crippen LogP) is 2.81. The van der Waals surface area contributed by atoms with Crippen LogP contribution in [0.4, 0.5) is 11.4 Å².